The number of benzene rings is 2. The fourth-order valence-electron chi connectivity index (χ4n) is 2.50. The molecule has 0 aliphatic carbocycles. The maximum atomic E-state index is 13.7. The molecule has 0 bridgehead atoms. The Kier molecular flexibility index (Phi) is 5.05. The lowest BCUT2D eigenvalue weighted by Crippen LogP contribution is -2.21. The van der Waals surface area contributed by atoms with Crippen LogP contribution >= 0.6 is 15.9 Å². The highest BCUT2D eigenvalue weighted by molar-refractivity contribution is 9.10. The minimum atomic E-state index is -4.81. The SMILES string of the molecule is Cc1ccc(C)c(NC(=O)c2nnn(-c3ccc(Br)cc3)c2C(F)(F)F)c1. The largest absolute Gasteiger partial charge is 0.435 e. The van der Waals surface area contributed by atoms with Gasteiger partial charge in [-0.2, -0.15) is 13.2 Å². The van der Waals surface area contributed by atoms with Crippen molar-refractivity contribution in [1.82, 2.24) is 15.0 Å². The van der Waals surface area contributed by atoms with Crippen molar-refractivity contribution in [2.75, 3.05) is 5.32 Å². The van der Waals surface area contributed by atoms with Crippen molar-refractivity contribution in [3.63, 3.8) is 0 Å². The Bertz CT molecular complexity index is 997. The lowest BCUT2D eigenvalue weighted by molar-refractivity contribution is -0.143. The summed E-state index contributed by atoms with van der Waals surface area (Å²) in [6, 6.07) is 11.3. The summed E-state index contributed by atoms with van der Waals surface area (Å²) in [5, 5.41) is 9.55. The Morgan fingerprint density at radius 3 is 2.41 bits per heavy atom. The Morgan fingerprint density at radius 1 is 1.11 bits per heavy atom. The fourth-order valence-corrected chi connectivity index (χ4v) is 2.77. The fraction of sp³-hybridized carbons (Fsp3) is 0.167. The lowest BCUT2D eigenvalue weighted by atomic mass is 10.1. The average molecular weight is 439 g/mol. The molecule has 0 radical (unpaired) electrons. The van der Waals surface area contributed by atoms with E-state index in [-0.39, 0.29) is 5.69 Å². The van der Waals surface area contributed by atoms with Gasteiger partial charge in [-0.1, -0.05) is 33.3 Å². The van der Waals surface area contributed by atoms with E-state index in [1.807, 2.05) is 13.0 Å². The molecule has 0 aliphatic heterocycles. The summed E-state index contributed by atoms with van der Waals surface area (Å²) in [5.41, 5.74) is 0.141. The van der Waals surface area contributed by atoms with Crippen molar-refractivity contribution in [2.24, 2.45) is 0 Å². The van der Waals surface area contributed by atoms with Gasteiger partial charge >= 0.3 is 6.18 Å². The number of aryl methyl sites for hydroxylation is 2. The van der Waals surface area contributed by atoms with Crippen LogP contribution in [0.1, 0.15) is 27.3 Å². The monoisotopic (exact) mass is 438 g/mol. The molecule has 140 valence electrons. The van der Waals surface area contributed by atoms with E-state index in [4.69, 9.17) is 0 Å². The topological polar surface area (TPSA) is 59.8 Å². The van der Waals surface area contributed by atoms with Crippen LogP contribution in [-0.2, 0) is 6.18 Å². The molecule has 9 heteroatoms. The van der Waals surface area contributed by atoms with Gasteiger partial charge in [0.05, 0.1) is 5.69 Å². The Hall–Kier alpha value is -2.68. The first-order valence-corrected chi connectivity index (χ1v) is 8.63. The van der Waals surface area contributed by atoms with E-state index in [0.717, 1.165) is 11.1 Å². The van der Waals surface area contributed by atoms with Crippen LogP contribution in [0.2, 0.25) is 0 Å². The van der Waals surface area contributed by atoms with Crippen LogP contribution in [0.25, 0.3) is 5.69 Å². The van der Waals surface area contributed by atoms with Crippen LogP contribution in [0, 0.1) is 13.8 Å². The summed E-state index contributed by atoms with van der Waals surface area (Å²) in [4.78, 5) is 12.5. The van der Waals surface area contributed by atoms with Gasteiger partial charge in [-0.05, 0) is 55.3 Å². The van der Waals surface area contributed by atoms with E-state index in [9.17, 15) is 18.0 Å². The van der Waals surface area contributed by atoms with Crippen molar-refractivity contribution in [3.8, 4) is 5.69 Å². The van der Waals surface area contributed by atoms with E-state index >= 15 is 0 Å². The quantitative estimate of drug-likeness (QED) is 0.631. The Morgan fingerprint density at radius 2 is 1.78 bits per heavy atom. The number of nitrogens with one attached hydrogen (secondary N) is 1. The number of amides is 1. The summed E-state index contributed by atoms with van der Waals surface area (Å²) >= 11 is 3.22. The van der Waals surface area contributed by atoms with Gasteiger partial charge < -0.3 is 5.32 Å². The first-order chi connectivity index (χ1) is 12.7. The van der Waals surface area contributed by atoms with E-state index in [0.29, 0.717) is 14.8 Å². The number of nitrogens with zero attached hydrogens (tertiary/aromatic N) is 3. The summed E-state index contributed by atoms with van der Waals surface area (Å²) in [6.45, 7) is 3.57. The molecule has 1 amide bonds. The molecular formula is C18H14BrF3N4O. The smallest absolute Gasteiger partial charge is 0.320 e. The van der Waals surface area contributed by atoms with Gasteiger partial charge in [0.1, 0.15) is 0 Å². The van der Waals surface area contributed by atoms with Crippen LogP contribution in [0.3, 0.4) is 0 Å². The van der Waals surface area contributed by atoms with Crippen molar-refractivity contribution in [2.45, 2.75) is 20.0 Å². The molecule has 0 saturated heterocycles. The van der Waals surface area contributed by atoms with Gasteiger partial charge in [-0.25, -0.2) is 4.68 Å². The number of carbonyl (C=O) groups is 1. The molecule has 0 unspecified atom stereocenters. The molecule has 3 rings (SSSR count). The lowest BCUT2D eigenvalue weighted by Gasteiger charge is -2.12. The van der Waals surface area contributed by atoms with Gasteiger partial charge in [0.2, 0.25) is 0 Å². The highest BCUT2D eigenvalue weighted by atomic mass is 79.9. The number of anilines is 1. The van der Waals surface area contributed by atoms with Gasteiger partial charge in [-0.15, -0.1) is 5.10 Å². The van der Waals surface area contributed by atoms with E-state index in [1.54, 1.807) is 31.2 Å². The number of carbonyl (C=O) groups excluding carboxylic acids is 1. The highest BCUT2D eigenvalue weighted by Gasteiger charge is 2.42. The summed E-state index contributed by atoms with van der Waals surface area (Å²) in [7, 11) is 0. The summed E-state index contributed by atoms with van der Waals surface area (Å²) in [6.07, 6.45) is -4.81. The Labute approximate surface area is 161 Å². The molecule has 2 aromatic carbocycles. The minimum absolute atomic E-state index is 0.142. The first-order valence-electron chi connectivity index (χ1n) is 7.84. The molecule has 3 aromatic rings. The van der Waals surface area contributed by atoms with Crippen molar-refractivity contribution in [1.29, 1.82) is 0 Å². The molecule has 1 N–H and O–H groups in total. The van der Waals surface area contributed by atoms with Crippen molar-refractivity contribution >= 4 is 27.5 Å². The zero-order chi connectivity index (χ0) is 19.8. The van der Waals surface area contributed by atoms with Crippen LogP contribution in [0.5, 0.6) is 0 Å². The second-order valence-electron chi connectivity index (χ2n) is 5.95. The standard InChI is InChI=1S/C18H14BrF3N4O/c1-10-3-4-11(2)14(9-10)23-17(27)15-16(18(20,21)22)26(25-24-15)13-7-5-12(19)6-8-13/h3-9H,1-2H3,(H,23,27). The molecule has 0 fully saturated rings. The summed E-state index contributed by atoms with van der Waals surface area (Å²) in [5.74, 6) is -0.973. The molecule has 0 spiro atoms. The normalized spacial score (nSPS) is 11.5. The van der Waals surface area contributed by atoms with Crippen LogP contribution in [0.4, 0.5) is 18.9 Å². The zero-order valence-electron chi connectivity index (χ0n) is 14.3. The second-order valence-corrected chi connectivity index (χ2v) is 6.86. The molecule has 0 saturated carbocycles. The number of aromatic nitrogens is 3. The number of halogens is 4. The van der Waals surface area contributed by atoms with Crippen molar-refractivity contribution < 1.29 is 18.0 Å². The van der Waals surface area contributed by atoms with Gasteiger partial charge in [0, 0.05) is 10.2 Å². The predicted molar refractivity (Wildman–Crippen MR) is 97.9 cm³/mol. The third-order valence-electron chi connectivity index (χ3n) is 3.87. The first kappa shape index (κ1) is 19.1. The summed E-state index contributed by atoms with van der Waals surface area (Å²) < 4.78 is 42.3. The number of hydrogen-bond acceptors (Lipinski definition) is 3. The van der Waals surface area contributed by atoms with E-state index < -0.39 is 23.5 Å². The number of alkyl halides is 3. The van der Waals surface area contributed by atoms with E-state index in [2.05, 4.69) is 31.6 Å². The molecule has 27 heavy (non-hydrogen) atoms. The minimum Gasteiger partial charge on any atom is -0.320 e. The molecular weight excluding hydrogens is 425 g/mol. The van der Waals surface area contributed by atoms with Crippen LogP contribution in [0.15, 0.2) is 46.9 Å². The third kappa shape index (κ3) is 4.02. The predicted octanol–water partition coefficient (Wildman–Crippen LogP) is 4.92. The number of hydrogen-bond donors (Lipinski definition) is 1. The van der Waals surface area contributed by atoms with Gasteiger partial charge in [-0.3, -0.25) is 4.79 Å². The molecule has 5 nitrogen and oxygen atoms in total. The third-order valence-corrected chi connectivity index (χ3v) is 4.39. The van der Waals surface area contributed by atoms with E-state index in [1.165, 1.54) is 12.1 Å². The Balaban J connectivity index is 2.04. The van der Waals surface area contributed by atoms with Crippen molar-refractivity contribution in [3.05, 3.63) is 69.5 Å². The number of rotatable bonds is 3. The molecule has 0 aliphatic rings. The van der Waals surface area contributed by atoms with Crippen LogP contribution in [-0.4, -0.2) is 20.9 Å². The molecule has 1 aromatic heterocycles. The molecule has 0 atom stereocenters. The van der Waals surface area contributed by atoms with Gasteiger partial charge in [0.15, 0.2) is 11.4 Å². The maximum Gasteiger partial charge on any atom is 0.435 e. The van der Waals surface area contributed by atoms with Gasteiger partial charge in [0.25, 0.3) is 5.91 Å². The van der Waals surface area contributed by atoms with Crippen LogP contribution < -0.4 is 5.32 Å². The highest BCUT2D eigenvalue weighted by Crippen LogP contribution is 2.33. The maximum absolute atomic E-state index is 13.7. The average Bonchev–Trinajstić information content (AvgIpc) is 3.04. The zero-order valence-corrected chi connectivity index (χ0v) is 15.9. The molecule has 1 heterocycles. The second kappa shape index (κ2) is 7.15.